The molecule has 0 aliphatic rings. The Morgan fingerprint density at radius 1 is 1.15 bits per heavy atom. The first-order chi connectivity index (χ1) is 9.69. The van der Waals surface area contributed by atoms with Crippen LogP contribution < -0.4 is 10.2 Å². The summed E-state index contributed by atoms with van der Waals surface area (Å²) in [5.41, 5.74) is 3.53. The maximum Gasteiger partial charge on any atom is 0.147 e. The van der Waals surface area contributed by atoms with Crippen LogP contribution in [0.15, 0.2) is 36.7 Å². The monoisotopic (exact) mass is 270 g/mol. The zero-order valence-corrected chi connectivity index (χ0v) is 12.4. The maximum absolute atomic E-state index is 4.62. The summed E-state index contributed by atoms with van der Waals surface area (Å²) in [6.45, 7) is 6.71. The van der Waals surface area contributed by atoms with Crippen LogP contribution in [0.1, 0.15) is 23.7 Å². The molecule has 1 aromatic carbocycles. The lowest BCUT2D eigenvalue weighted by molar-refractivity contribution is 0.704. The van der Waals surface area contributed by atoms with Gasteiger partial charge in [-0.25, -0.2) is 4.98 Å². The van der Waals surface area contributed by atoms with Gasteiger partial charge in [-0.05, 0) is 19.0 Å². The van der Waals surface area contributed by atoms with E-state index in [0.717, 1.165) is 31.1 Å². The van der Waals surface area contributed by atoms with Crippen LogP contribution in [0.2, 0.25) is 0 Å². The van der Waals surface area contributed by atoms with Crippen molar-refractivity contribution >= 4 is 5.82 Å². The Balaban J connectivity index is 2.04. The highest BCUT2D eigenvalue weighted by Gasteiger charge is 2.05. The molecule has 0 saturated heterocycles. The molecular weight excluding hydrogens is 248 g/mol. The van der Waals surface area contributed by atoms with Gasteiger partial charge in [-0.1, -0.05) is 36.8 Å². The van der Waals surface area contributed by atoms with Gasteiger partial charge in [0.1, 0.15) is 5.82 Å². The molecule has 0 spiro atoms. The van der Waals surface area contributed by atoms with Crippen molar-refractivity contribution in [3.63, 3.8) is 0 Å². The van der Waals surface area contributed by atoms with Crippen LogP contribution in [0.3, 0.4) is 0 Å². The van der Waals surface area contributed by atoms with E-state index in [1.807, 2.05) is 19.4 Å². The maximum atomic E-state index is 4.62. The van der Waals surface area contributed by atoms with E-state index in [9.17, 15) is 0 Å². The van der Waals surface area contributed by atoms with Gasteiger partial charge in [0.25, 0.3) is 0 Å². The summed E-state index contributed by atoms with van der Waals surface area (Å²) in [5.74, 6) is 0.904. The number of rotatable bonds is 6. The minimum Gasteiger partial charge on any atom is -0.354 e. The molecule has 0 amide bonds. The fourth-order valence-electron chi connectivity index (χ4n) is 1.97. The van der Waals surface area contributed by atoms with Crippen LogP contribution >= 0.6 is 0 Å². The van der Waals surface area contributed by atoms with Gasteiger partial charge in [0.2, 0.25) is 0 Å². The summed E-state index contributed by atoms with van der Waals surface area (Å²) in [4.78, 5) is 11.0. The first-order valence-corrected chi connectivity index (χ1v) is 6.97. The van der Waals surface area contributed by atoms with Gasteiger partial charge in [-0.3, -0.25) is 4.98 Å². The third kappa shape index (κ3) is 4.03. The summed E-state index contributed by atoms with van der Waals surface area (Å²) in [6, 6.07) is 8.58. The quantitative estimate of drug-likeness (QED) is 0.876. The molecule has 0 fully saturated rings. The normalized spacial score (nSPS) is 10.6. The van der Waals surface area contributed by atoms with Crippen LogP contribution in [0.4, 0.5) is 5.82 Å². The number of benzene rings is 1. The lowest BCUT2D eigenvalue weighted by atomic mass is 10.1. The standard InChI is InChI=1S/C16H22N4/c1-4-17-9-15-10-18-11-16(19-15)20(3)12-14-7-5-13(2)6-8-14/h5-8,10-11,17H,4,9,12H2,1-3H3. The van der Waals surface area contributed by atoms with Crippen LogP contribution in [-0.4, -0.2) is 23.6 Å². The van der Waals surface area contributed by atoms with Crippen molar-refractivity contribution in [2.24, 2.45) is 0 Å². The first kappa shape index (κ1) is 14.5. The molecule has 2 aromatic rings. The Bertz CT molecular complexity index is 536. The van der Waals surface area contributed by atoms with Crippen molar-refractivity contribution in [3.05, 3.63) is 53.5 Å². The van der Waals surface area contributed by atoms with E-state index in [1.54, 1.807) is 0 Å². The first-order valence-electron chi connectivity index (χ1n) is 6.97. The van der Waals surface area contributed by atoms with E-state index in [4.69, 9.17) is 0 Å². The molecular formula is C16H22N4. The second kappa shape index (κ2) is 7.01. The highest BCUT2D eigenvalue weighted by molar-refractivity contribution is 5.37. The van der Waals surface area contributed by atoms with E-state index in [-0.39, 0.29) is 0 Å². The summed E-state index contributed by atoms with van der Waals surface area (Å²) in [5, 5.41) is 3.27. The fraction of sp³-hybridized carbons (Fsp3) is 0.375. The van der Waals surface area contributed by atoms with E-state index < -0.39 is 0 Å². The molecule has 106 valence electrons. The van der Waals surface area contributed by atoms with Crippen molar-refractivity contribution in [1.29, 1.82) is 0 Å². The zero-order valence-electron chi connectivity index (χ0n) is 12.4. The molecule has 2 rings (SSSR count). The number of hydrogen-bond acceptors (Lipinski definition) is 4. The molecule has 20 heavy (non-hydrogen) atoms. The zero-order chi connectivity index (χ0) is 14.4. The second-order valence-corrected chi connectivity index (χ2v) is 4.99. The average molecular weight is 270 g/mol. The summed E-state index contributed by atoms with van der Waals surface area (Å²) >= 11 is 0. The molecule has 0 radical (unpaired) electrons. The average Bonchev–Trinajstić information content (AvgIpc) is 2.48. The lowest BCUT2D eigenvalue weighted by Crippen LogP contribution is -2.20. The number of aromatic nitrogens is 2. The van der Waals surface area contributed by atoms with Gasteiger partial charge in [0.15, 0.2) is 0 Å². The molecule has 0 aliphatic carbocycles. The molecule has 0 aliphatic heterocycles. The Labute approximate surface area is 120 Å². The molecule has 0 bridgehead atoms. The highest BCUT2D eigenvalue weighted by atomic mass is 15.2. The van der Waals surface area contributed by atoms with Crippen molar-refractivity contribution in [3.8, 4) is 0 Å². The Morgan fingerprint density at radius 2 is 1.90 bits per heavy atom. The van der Waals surface area contributed by atoms with Gasteiger partial charge in [0, 0.05) is 26.3 Å². The topological polar surface area (TPSA) is 41.1 Å². The van der Waals surface area contributed by atoms with Crippen molar-refractivity contribution in [1.82, 2.24) is 15.3 Å². The molecule has 0 saturated carbocycles. The summed E-state index contributed by atoms with van der Waals surface area (Å²) < 4.78 is 0. The van der Waals surface area contributed by atoms with Crippen molar-refractivity contribution in [2.45, 2.75) is 26.9 Å². The van der Waals surface area contributed by atoms with Crippen molar-refractivity contribution in [2.75, 3.05) is 18.5 Å². The summed E-state index contributed by atoms with van der Waals surface area (Å²) in [6.07, 6.45) is 3.62. The number of aryl methyl sites for hydroxylation is 1. The fourth-order valence-corrected chi connectivity index (χ4v) is 1.97. The second-order valence-electron chi connectivity index (χ2n) is 4.99. The largest absolute Gasteiger partial charge is 0.354 e. The number of anilines is 1. The molecule has 0 unspecified atom stereocenters. The third-order valence-corrected chi connectivity index (χ3v) is 3.16. The van der Waals surface area contributed by atoms with Crippen LogP contribution in [0, 0.1) is 6.92 Å². The van der Waals surface area contributed by atoms with Crippen molar-refractivity contribution < 1.29 is 0 Å². The van der Waals surface area contributed by atoms with Gasteiger partial charge in [-0.2, -0.15) is 0 Å². The van der Waals surface area contributed by atoms with E-state index >= 15 is 0 Å². The number of nitrogens with one attached hydrogen (secondary N) is 1. The van der Waals surface area contributed by atoms with E-state index in [0.29, 0.717) is 0 Å². The smallest absolute Gasteiger partial charge is 0.147 e. The predicted molar refractivity (Wildman–Crippen MR) is 82.7 cm³/mol. The molecule has 1 N–H and O–H groups in total. The highest BCUT2D eigenvalue weighted by Crippen LogP contribution is 2.12. The third-order valence-electron chi connectivity index (χ3n) is 3.16. The minimum atomic E-state index is 0.760. The summed E-state index contributed by atoms with van der Waals surface area (Å²) in [7, 11) is 2.04. The number of hydrogen-bond donors (Lipinski definition) is 1. The molecule has 4 nitrogen and oxygen atoms in total. The van der Waals surface area contributed by atoms with E-state index in [1.165, 1.54) is 11.1 Å². The van der Waals surface area contributed by atoms with Gasteiger partial charge < -0.3 is 10.2 Å². The molecule has 1 heterocycles. The SMILES string of the molecule is CCNCc1cncc(N(C)Cc2ccc(C)cc2)n1. The Kier molecular flexibility index (Phi) is 5.07. The predicted octanol–water partition coefficient (Wildman–Crippen LogP) is 2.53. The van der Waals surface area contributed by atoms with Gasteiger partial charge >= 0.3 is 0 Å². The molecule has 4 heteroatoms. The molecule has 1 aromatic heterocycles. The number of nitrogens with zero attached hydrogens (tertiary/aromatic N) is 3. The van der Waals surface area contributed by atoms with Crippen LogP contribution in [0.5, 0.6) is 0 Å². The molecule has 0 atom stereocenters. The Morgan fingerprint density at radius 3 is 2.60 bits per heavy atom. The van der Waals surface area contributed by atoms with Crippen LogP contribution in [0.25, 0.3) is 0 Å². The van der Waals surface area contributed by atoms with Gasteiger partial charge in [0.05, 0.1) is 11.9 Å². The lowest BCUT2D eigenvalue weighted by Gasteiger charge is -2.18. The van der Waals surface area contributed by atoms with E-state index in [2.05, 4.69) is 58.3 Å². The minimum absolute atomic E-state index is 0.760. The Hall–Kier alpha value is -1.94. The van der Waals surface area contributed by atoms with Gasteiger partial charge in [-0.15, -0.1) is 0 Å². The van der Waals surface area contributed by atoms with Crippen LogP contribution in [-0.2, 0) is 13.1 Å².